The van der Waals surface area contributed by atoms with Crippen molar-refractivity contribution in [2.75, 3.05) is 0 Å². The molecule has 1 heterocycles. The Morgan fingerprint density at radius 3 is 2.48 bits per heavy atom. The first-order chi connectivity index (χ1) is 13.1. The summed E-state index contributed by atoms with van der Waals surface area (Å²) in [6.45, 7) is 6.77. The highest BCUT2D eigenvalue weighted by Crippen LogP contribution is 2.45. The van der Waals surface area contributed by atoms with E-state index in [0.29, 0.717) is 11.8 Å². The molecule has 1 atom stereocenters. The first-order valence-electron chi connectivity index (χ1n) is 9.73. The summed E-state index contributed by atoms with van der Waals surface area (Å²) in [4.78, 5) is 0. The zero-order chi connectivity index (χ0) is 18.8. The number of aryl methyl sites for hydroxylation is 1. The molecule has 4 heteroatoms. The zero-order valence-corrected chi connectivity index (χ0v) is 16.2. The van der Waals surface area contributed by atoms with E-state index in [1.54, 1.807) is 0 Å². The maximum atomic E-state index is 4.10. The van der Waals surface area contributed by atoms with Crippen LogP contribution in [0.15, 0.2) is 54.1 Å². The van der Waals surface area contributed by atoms with Crippen LogP contribution in [0.4, 0.5) is 0 Å². The molecule has 0 saturated heterocycles. The van der Waals surface area contributed by atoms with Crippen molar-refractivity contribution in [3.63, 3.8) is 0 Å². The van der Waals surface area contributed by atoms with Gasteiger partial charge in [-0.15, -0.1) is 10.2 Å². The predicted molar refractivity (Wildman–Crippen MR) is 109 cm³/mol. The van der Waals surface area contributed by atoms with Gasteiger partial charge in [0.15, 0.2) is 5.82 Å². The number of hydrogen-bond donors (Lipinski definition) is 1. The number of allylic oxidation sites excluding steroid dienone is 2. The minimum atomic E-state index is 0.450. The highest BCUT2D eigenvalue weighted by atomic mass is 15.5. The van der Waals surface area contributed by atoms with E-state index in [9.17, 15) is 0 Å². The predicted octanol–water partition coefficient (Wildman–Crippen LogP) is 5.07. The fraction of sp³-hybridized carbons (Fsp3) is 0.348. The van der Waals surface area contributed by atoms with Crippen molar-refractivity contribution in [3.8, 4) is 0 Å². The van der Waals surface area contributed by atoms with Gasteiger partial charge in [0.1, 0.15) is 0 Å². The third-order valence-electron chi connectivity index (χ3n) is 5.73. The maximum Gasteiger partial charge on any atom is 0.174 e. The lowest BCUT2D eigenvalue weighted by molar-refractivity contribution is 0.797. The normalized spacial score (nSPS) is 16.2. The highest BCUT2D eigenvalue weighted by Gasteiger charge is 2.28. The largest absolute Gasteiger partial charge is 0.177 e. The van der Waals surface area contributed by atoms with Crippen LogP contribution >= 0.6 is 0 Å². The summed E-state index contributed by atoms with van der Waals surface area (Å²) in [7, 11) is 0. The fourth-order valence-electron chi connectivity index (χ4n) is 4.13. The highest BCUT2D eigenvalue weighted by molar-refractivity contribution is 5.78. The van der Waals surface area contributed by atoms with Gasteiger partial charge in [-0.3, -0.25) is 0 Å². The van der Waals surface area contributed by atoms with Gasteiger partial charge in [0.05, 0.1) is 0 Å². The van der Waals surface area contributed by atoms with E-state index >= 15 is 0 Å². The molecule has 138 valence electrons. The summed E-state index contributed by atoms with van der Waals surface area (Å²) in [5.74, 6) is 1.80. The summed E-state index contributed by atoms with van der Waals surface area (Å²) in [6, 6.07) is 18.0. The Hall–Kier alpha value is -2.75. The molecule has 1 unspecified atom stereocenters. The number of aromatic amines is 1. The van der Waals surface area contributed by atoms with E-state index in [1.165, 1.54) is 33.4 Å². The van der Waals surface area contributed by atoms with E-state index in [1.807, 2.05) is 0 Å². The molecule has 0 amide bonds. The summed E-state index contributed by atoms with van der Waals surface area (Å²) in [5.41, 5.74) is 8.57. The van der Waals surface area contributed by atoms with Crippen LogP contribution in [0.25, 0.3) is 5.57 Å². The van der Waals surface area contributed by atoms with Gasteiger partial charge in [0, 0.05) is 12.3 Å². The summed E-state index contributed by atoms with van der Waals surface area (Å²) >= 11 is 0. The lowest BCUT2D eigenvalue weighted by Crippen LogP contribution is -2.02. The minimum absolute atomic E-state index is 0.450. The average molecular weight is 358 g/mol. The van der Waals surface area contributed by atoms with E-state index < -0.39 is 0 Å². The van der Waals surface area contributed by atoms with Crippen molar-refractivity contribution < 1.29 is 0 Å². The Labute approximate surface area is 160 Å². The lowest BCUT2D eigenvalue weighted by atomic mass is 9.89. The number of fused-ring (bicyclic) bond motifs is 1. The van der Waals surface area contributed by atoms with Crippen molar-refractivity contribution >= 4 is 5.57 Å². The topological polar surface area (TPSA) is 54.5 Å². The molecular formula is C23H26N4. The second-order valence-corrected chi connectivity index (χ2v) is 7.73. The number of nitrogens with one attached hydrogen (secondary N) is 1. The lowest BCUT2D eigenvalue weighted by Gasteiger charge is -2.15. The maximum absolute atomic E-state index is 4.10. The Morgan fingerprint density at radius 2 is 1.78 bits per heavy atom. The molecule has 4 rings (SSSR count). The Balaban J connectivity index is 1.59. The smallest absolute Gasteiger partial charge is 0.174 e. The number of benzene rings is 2. The molecule has 1 aliphatic rings. The second-order valence-electron chi connectivity index (χ2n) is 7.73. The van der Waals surface area contributed by atoms with Crippen molar-refractivity contribution in [3.05, 3.63) is 82.2 Å². The van der Waals surface area contributed by atoms with Crippen LogP contribution in [0.3, 0.4) is 0 Å². The minimum Gasteiger partial charge on any atom is -0.177 e. The number of hydrogen-bond acceptors (Lipinski definition) is 3. The van der Waals surface area contributed by atoms with Gasteiger partial charge >= 0.3 is 0 Å². The monoisotopic (exact) mass is 358 g/mol. The molecule has 2 aromatic carbocycles. The van der Waals surface area contributed by atoms with Crippen LogP contribution in [0.1, 0.15) is 67.1 Å². The van der Waals surface area contributed by atoms with Gasteiger partial charge in [-0.05, 0) is 53.5 Å². The summed E-state index contributed by atoms with van der Waals surface area (Å²) < 4.78 is 0. The van der Waals surface area contributed by atoms with Gasteiger partial charge in [-0.1, -0.05) is 73.2 Å². The van der Waals surface area contributed by atoms with Crippen LogP contribution < -0.4 is 0 Å². The van der Waals surface area contributed by atoms with Crippen molar-refractivity contribution in [2.45, 2.75) is 51.9 Å². The van der Waals surface area contributed by atoms with E-state index in [2.05, 4.69) is 89.9 Å². The SMILES string of the molecule is CC1=C(CCc2nn[nH]n2)c2ccccc2C1Cc1ccc(C(C)C)cc1. The molecule has 0 fully saturated rings. The average Bonchev–Trinajstić information content (AvgIpc) is 3.28. The van der Waals surface area contributed by atoms with Crippen molar-refractivity contribution in [1.82, 2.24) is 20.6 Å². The van der Waals surface area contributed by atoms with Gasteiger partial charge in [-0.25, -0.2) is 0 Å². The summed E-state index contributed by atoms with van der Waals surface area (Å²) in [6.07, 6.45) is 2.81. The molecule has 0 radical (unpaired) electrons. The van der Waals surface area contributed by atoms with Crippen LogP contribution in [0.5, 0.6) is 0 Å². The molecule has 0 spiro atoms. The van der Waals surface area contributed by atoms with Crippen LogP contribution in [0, 0.1) is 0 Å². The molecule has 3 aromatic rings. The molecule has 4 nitrogen and oxygen atoms in total. The number of rotatable bonds is 6. The quantitative estimate of drug-likeness (QED) is 0.669. The number of aromatic nitrogens is 4. The van der Waals surface area contributed by atoms with E-state index in [4.69, 9.17) is 0 Å². The third kappa shape index (κ3) is 3.57. The first kappa shape index (κ1) is 17.7. The second kappa shape index (κ2) is 7.47. The molecular weight excluding hydrogens is 332 g/mol. The molecule has 1 aliphatic carbocycles. The fourth-order valence-corrected chi connectivity index (χ4v) is 4.13. The molecule has 0 aliphatic heterocycles. The summed E-state index contributed by atoms with van der Waals surface area (Å²) in [5, 5.41) is 14.4. The van der Waals surface area contributed by atoms with Crippen molar-refractivity contribution in [1.29, 1.82) is 0 Å². The van der Waals surface area contributed by atoms with Crippen LogP contribution in [-0.2, 0) is 12.8 Å². The molecule has 0 bridgehead atoms. The Kier molecular flexibility index (Phi) is 4.88. The molecule has 0 saturated carbocycles. The molecule has 27 heavy (non-hydrogen) atoms. The molecule has 1 aromatic heterocycles. The van der Waals surface area contributed by atoms with Gasteiger partial charge in [-0.2, -0.15) is 5.21 Å². The van der Waals surface area contributed by atoms with Crippen LogP contribution in [-0.4, -0.2) is 20.6 Å². The Morgan fingerprint density at radius 1 is 1.00 bits per heavy atom. The van der Waals surface area contributed by atoms with E-state index in [-0.39, 0.29) is 0 Å². The number of tetrazole rings is 1. The zero-order valence-electron chi connectivity index (χ0n) is 16.2. The van der Waals surface area contributed by atoms with Gasteiger partial charge < -0.3 is 0 Å². The first-order valence-corrected chi connectivity index (χ1v) is 9.73. The standard InChI is InChI=1S/C23H26N4/c1-15(2)18-10-8-17(9-11-18)14-22-16(3)19(12-13-23-24-26-27-25-23)20-6-4-5-7-21(20)22/h4-11,15,22H,12-14H2,1-3H3,(H,24,25,26,27). The molecule has 1 N–H and O–H groups in total. The van der Waals surface area contributed by atoms with E-state index in [0.717, 1.165) is 25.1 Å². The van der Waals surface area contributed by atoms with Crippen molar-refractivity contribution in [2.24, 2.45) is 0 Å². The van der Waals surface area contributed by atoms with Gasteiger partial charge in [0.25, 0.3) is 0 Å². The third-order valence-corrected chi connectivity index (χ3v) is 5.73. The number of nitrogens with zero attached hydrogens (tertiary/aromatic N) is 3. The van der Waals surface area contributed by atoms with Crippen LogP contribution in [0.2, 0.25) is 0 Å². The number of H-pyrrole nitrogens is 1. The van der Waals surface area contributed by atoms with Gasteiger partial charge in [0.2, 0.25) is 0 Å². The Bertz CT molecular complexity index is 937.